The molecular weight excluding hydrogens is 280 g/mol. The first-order valence-electron chi connectivity index (χ1n) is 7.06. The number of aromatic nitrogens is 5. The Hall–Kier alpha value is -2.96. The molecule has 0 radical (unpaired) electrons. The summed E-state index contributed by atoms with van der Waals surface area (Å²) in [6.45, 7) is 1.42. The van der Waals surface area contributed by atoms with E-state index in [-0.39, 0.29) is 5.91 Å². The SMILES string of the molecule is O=C(c1ccc(-n2cccn2)nc1)N1CC(c2ccn[nH]2)C1. The lowest BCUT2D eigenvalue weighted by Crippen LogP contribution is -2.48. The van der Waals surface area contributed by atoms with Crippen molar-refractivity contribution in [2.24, 2.45) is 0 Å². The lowest BCUT2D eigenvalue weighted by molar-refractivity contribution is 0.0598. The zero-order valence-corrected chi connectivity index (χ0v) is 11.8. The van der Waals surface area contributed by atoms with Crippen LogP contribution in [0, 0.1) is 0 Å². The Kier molecular flexibility index (Phi) is 2.96. The molecule has 1 aliphatic heterocycles. The maximum Gasteiger partial charge on any atom is 0.255 e. The van der Waals surface area contributed by atoms with E-state index in [4.69, 9.17) is 0 Å². The third-order valence-corrected chi connectivity index (χ3v) is 3.86. The van der Waals surface area contributed by atoms with Crippen LogP contribution in [0.1, 0.15) is 22.0 Å². The van der Waals surface area contributed by atoms with Crippen molar-refractivity contribution < 1.29 is 4.79 Å². The number of aromatic amines is 1. The smallest absolute Gasteiger partial charge is 0.255 e. The number of likely N-dealkylation sites (tertiary alicyclic amines) is 1. The molecule has 4 heterocycles. The number of hydrogen-bond acceptors (Lipinski definition) is 4. The van der Waals surface area contributed by atoms with E-state index < -0.39 is 0 Å². The van der Waals surface area contributed by atoms with Crippen LogP contribution in [0.4, 0.5) is 0 Å². The van der Waals surface area contributed by atoms with Crippen LogP contribution in [0.2, 0.25) is 0 Å². The summed E-state index contributed by atoms with van der Waals surface area (Å²) >= 11 is 0. The van der Waals surface area contributed by atoms with E-state index in [0.29, 0.717) is 30.4 Å². The minimum atomic E-state index is 0.00952. The second-order valence-corrected chi connectivity index (χ2v) is 5.27. The first kappa shape index (κ1) is 12.8. The summed E-state index contributed by atoms with van der Waals surface area (Å²) in [7, 11) is 0. The summed E-state index contributed by atoms with van der Waals surface area (Å²) in [5.74, 6) is 1.05. The molecule has 7 nitrogen and oxygen atoms in total. The highest BCUT2D eigenvalue weighted by Gasteiger charge is 2.33. The fraction of sp³-hybridized carbons (Fsp3) is 0.200. The molecule has 22 heavy (non-hydrogen) atoms. The number of rotatable bonds is 3. The number of nitrogens with one attached hydrogen (secondary N) is 1. The van der Waals surface area contributed by atoms with Gasteiger partial charge in [0.05, 0.1) is 5.56 Å². The lowest BCUT2D eigenvalue weighted by Gasteiger charge is -2.38. The van der Waals surface area contributed by atoms with Gasteiger partial charge >= 0.3 is 0 Å². The van der Waals surface area contributed by atoms with Gasteiger partial charge in [0.1, 0.15) is 0 Å². The van der Waals surface area contributed by atoms with E-state index in [0.717, 1.165) is 5.69 Å². The first-order valence-corrected chi connectivity index (χ1v) is 7.06. The Labute approximate surface area is 126 Å². The predicted octanol–water partition coefficient (Wildman–Crippen LogP) is 1.23. The number of hydrogen-bond donors (Lipinski definition) is 1. The van der Waals surface area contributed by atoms with Gasteiger partial charge in [-0.05, 0) is 24.3 Å². The summed E-state index contributed by atoms with van der Waals surface area (Å²) in [4.78, 5) is 18.5. The standard InChI is InChI=1S/C15H14N6O/c22-15(20-9-12(10-20)13-4-6-17-19-13)11-2-3-14(16-8-11)21-7-1-5-18-21/h1-8,12H,9-10H2,(H,17,19). The maximum absolute atomic E-state index is 12.4. The van der Waals surface area contributed by atoms with Gasteiger partial charge in [0, 0.05) is 49.5 Å². The van der Waals surface area contributed by atoms with Crippen LogP contribution in [0.5, 0.6) is 0 Å². The number of carbonyl (C=O) groups is 1. The van der Waals surface area contributed by atoms with Crippen molar-refractivity contribution in [3.8, 4) is 5.82 Å². The summed E-state index contributed by atoms with van der Waals surface area (Å²) in [5, 5.41) is 11.0. The Morgan fingerprint density at radius 1 is 1.23 bits per heavy atom. The van der Waals surface area contributed by atoms with E-state index in [1.807, 2.05) is 23.2 Å². The highest BCUT2D eigenvalue weighted by atomic mass is 16.2. The molecule has 3 aromatic heterocycles. The molecule has 1 fully saturated rings. The second-order valence-electron chi connectivity index (χ2n) is 5.27. The average Bonchev–Trinajstić information content (AvgIpc) is 3.19. The van der Waals surface area contributed by atoms with Gasteiger partial charge in [-0.3, -0.25) is 9.89 Å². The Morgan fingerprint density at radius 3 is 2.77 bits per heavy atom. The molecule has 1 N–H and O–H groups in total. The molecule has 1 aliphatic rings. The van der Waals surface area contributed by atoms with Crippen LogP contribution < -0.4 is 0 Å². The topological polar surface area (TPSA) is 79.7 Å². The van der Waals surface area contributed by atoms with E-state index in [9.17, 15) is 4.79 Å². The molecule has 110 valence electrons. The summed E-state index contributed by atoms with van der Waals surface area (Å²) < 4.78 is 1.66. The fourth-order valence-corrected chi connectivity index (χ4v) is 2.57. The van der Waals surface area contributed by atoms with Gasteiger partial charge in [0.2, 0.25) is 0 Å². The van der Waals surface area contributed by atoms with Crippen molar-refractivity contribution in [3.05, 3.63) is 60.3 Å². The monoisotopic (exact) mass is 294 g/mol. The quantitative estimate of drug-likeness (QED) is 0.788. The van der Waals surface area contributed by atoms with Crippen LogP contribution in [-0.2, 0) is 0 Å². The third-order valence-electron chi connectivity index (χ3n) is 3.86. The minimum Gasteiger partial charge on any atom is -0.337 e. The summed E-state index contributed by atoms with van der Waals surface area (Å²) in [6, 6.07) is 7.37. The first-order chi connectivity index (χ1) is 10.8. The van der Waals surface area contributed by atoms with Gasteiger partial charge in [0.25, 0.3) is 5.91 Å². The van der Waals surface area contributed by atoms with Crippen molar-refractivity contribution in [3.63, 3.8) is 0 Å². The van der Waals surface area contributed by atoms with E-state index in [1.54, 1.807) is 35.4 Å². The van der Waals surface area contributed by atoms with Crippen molar-refractivity contribution in [2.45, 2.75) is 5.92 Å². The number of H-pyrrole nitrogens is 1. The number of nitrogens with zero attached hydrogens (tertiary/aromatic N) is 5. The molecular formula is C15H14N6O. The molecule has 3 aromatic rings. The summed E-state index contributed by atoms with van der Waals surface area (Å²) in [5.41, 5.74) is 1.68. The zero-order valence-electron chi connectivity index (χ0n) is 11.8. The van der Waals surface area contributed by atoms with Gasteiger partial charge in [-0.2, -0.15) is 10.2 Å². The summed E-state index contributed by atoms with van der Waals surface area (Å²) in [6.07, 6.45) is 6.84. The van der Waals surface area contributed by atoms with E-state index >= 15 is 0 Å². The Morgan fingerprint density at radius 2 is 2.14 bits per heavy atom. The number of carbonyl (C=O) groups excluding carboxylic acids is 1. The molecule has 0 atom stereocenters. The molecule has 4 rings (SSSR count). The molecule has 0 saturated carbocycles. The van der Waals surface area contributed by atoms with Gasteiger partial charge in [-0.15, -0.1) is 0 Å². The molecule has 1 saturated heterocycles. The predicted molar refractivity (Wildman–Crippen MR) is 78.6 cm³/mol. The van der Waals surface area contributed by atoms with Gasteiger partial charge in [-0.25, -0.2) is 9.67 Å². The van der Waals surface area contributed by atoms with Gasteiger partial charge in [-0.1, -0.05) is 0 Å². The van der Waals surface area contributed by atoms with Crippen molar-refractivity contribution in [1.29, 1.82) is 0 Å². The lowest BCUT2D eigenvalue weighted by atomic mass is 9.96. The fourth-order valence-electron chi connectivity index (χ4n) is 2.57. The maximum atomic E-state index is 12.4. The highest BCUT2D eigenvalue weighted by Crippen LogP contribution is 2.26. The second kappa shape index (κ2) is 5.10. The molecule has 7 heteroatoms. The Balaban J connectivity index is 1.43. The molecule has 0 aromatic carbocycles. The average molecular weight is 294 g/mol. The third kappa shape index (κ3) is 2.16. The van der Waals surface area contributed by atoms with E-state index in [1.165, 1.54) is 0 Å². The van der Waals surface area contributed by atoms with Gasteiger partial charge < -0.3 is 4.90 Å². The van der Waals surface area contributed by atoms with Crippen LogP contribution in [0.15, 0.2) is 49.1 Å². The molecule has 0 spiro atoms. The van der Waals surface area contributed by atoms with Crippen LogP contribution in [0.25, 0.3) is 5.82 Å². The van der Waals surface area contributed by atoms with Crippen molar-refractivity contribution in [1.82, 2.24) is 29.9 Å². The highest BCUT2D eigenvalue weighted by molar-refractivity contribution is 5.94. The minimum absolute atomic E-state index is 0.00952. The molecule has 0 aliphatic carbocycles. The zero-order chi connectivity index (χ0) is 14.9. The number of pyridine rings is 1. The molecule has 0 unspecified atom stereocenters. The van der Waals surface area contributed by atoms with Gasteiger partial charge in [0.15, 0.2) is 5.82 Å². The molecule has 1 amide bonds. The molecule has 0 bridgehead atoms. The number of amides is 1. The van der Waals surface area contributed by atoms with Crippen LogP contribution in [-0.4, -0.2) is 48.9 Å². The van der Waals surface area contributed by atoms with Crippen molar-refractivity contribution >= 4 is 5.91 Å². The van der Waals surface area contributed by atoms with E-state index in [2.05, 4.69) is 20.3 Å². The van der Waals surface area contributed by atoms with Crippen LogP contribution >= 0.6 is 0 Å². The normalized spacial score (nSPS) is 14.8. The van der Waals surface area contributed by atoms with Crippen molar-refractivity contribution in [2.75, 3.05) is 13.1 Å². The largest absolute Gasteiger partial charge is 0.337 e. The van der Waals surface area contributed by atoms with Crippen LogP contribution in [0.3, 0.4) is 0 Å². The Bertz CT molecular complexity index is 757.